The molecule has 0 atom stereocenters. The van der Waals surface area contributed by atoms with Gasteiger partial charge in [0.25, 0.3) is 0 Å². The molecule has 0 aliphatic carbocycles. The molecule has 2 nitrogen and oxygen atoms in total. The zero-order valence-corrected chi connectivity index (χ0v) is 7.49. The monoisotopic (exact) mass is 175 g/mol. The Morgan fingerprint density at radius 3 is 3.00 bits per heavy atom. The fraction of sp³-hybridized carbons (Fsp3) is 0.273. The van der Waals surface area contributed by atoms with Crippen LogP contribution >= 0.6 is 0 Å². The van der Waals surface area contributed by atoms with Crippen molar-refractivity contribution in [3.05, 3.63) is 36.1 Å². The molecule has 0 bridgehead atoms. The van der Waals surface area contributed by atoms with Gasteiger partial charge in [0.1, 0.15) is 5.58 Å². The van der Waals surface area contributed by atoms with Crippen LogP contribution in [-0.4, -0.2) is 6.54 Å². The predicted molar refractivity (Wildman–Crippen MR) is 53.6 cm³/mol. The number of benzene rings is 1. The van der Waals surface area contributed by atoms with Gasteiger partial charge in [-0.1, -0.05) is 12.1 Å². The van der Waals surface area contributed by atoms with Gasteiger partial charge in [-0.15, -0.1) is 0 Å². The van der Waals surface area contributed by atoms with Crippen LogP contribution in [0.15, 0.2) is 34.9 Å². The standard InChI is InChI=1S/C11H13NO/c12-6-1-2-9-3-4-10-5-7-13-11(10)8-9/h3-5,7-8H,1-2,6,12H2. The number of aryl methyl sites for hydroxylation is 1. The van der Waals surface area contributed by atoms with Crippen LogP contribution in [0.1, 0.15) is 12.0 Å². The highest BCUT2D eigenvalue weighted by molar-refractivity contribution is 5.77. The first-order valence-electron chi connectivity index (χ1n) is 4.56. The highest BCUT2D eigenvalue weighted by atomic mass is 16.3. The zero-order valence-electron chi connectivity index (χ0n) is 7.49. The molecule has 68 valence electrons. The van der Waals surface area contributed by atoms with Crippen molar-refractivity contribution >= 4 is 11.0 Å². The highest BCUT2D eigenvalue weighted by Crippen LogP contribution is 2.17. The Hall–Kier alpha value is -1.28. The summed E-state index contributed by atoms with van der Waals surface area (Å²) in [6.45, 7) is 0.746. The molecular formula is C11H13NO. The Balaban J connectivity index is 2.26. The van der Waals surface area contributed by atoms with E-state index in [0.717, 1.165) is 30.4 Å². The van der Waals surface area contributed by atoms with E-state index in [1.807, 2.05) is 6.07 Å². The molecule has 2 N–H and O–H groups in total. The summed E-state index contributed by atoms with van der Waals surface area (Å²) in [5.74, 6) is 0. The van der Waals surface area contributed by atoms with Crippen LogP contribution in [0.2, 0.25) is 0 Å². The first-order valence-corrected chi connectivity index (χ1v) is 4.56. The second-order valence-electron chi connectivity index (χ2n) is 3.19. The molecule has 2 aromatic rings. The van der Waals surface area contributed by atoms with Crippen molar-refractivity contribution < 1.29 is 4.42 Å². The summed E-state index contributed by atoms with van der Waals surface area (Å²) >= 11 is 0. The lowest BCUT2D eigenvalue weighted by atomic mass is 10.1. The van der Waals surface area contributed by atoms with Crippen LogP contribution in [0, 0.1) is 0 Å². The molecule has 1 aromatic heterocycles. The molecule has 0 unspecified atom stereocenters. The maximum atomic E-state index is 5.45. The molecule has 1 aromatic carbocycles. The van der Waals surface area contributed by atoms with E-state index >= 15 is 0 Å². The minimum Gasteiger partial charge on any atom is -0.464 e. The van der Waals surface area contributed by atoms with Crippen LogP contribution in [-0.2, 0) is 6.42 Å². The van der Waals surface area contributed by atoms with Crippen molar-refractivity contribution in [3.8, 4) is 0 Å². The maximum absolute atomic E-state index is 5.45. The van der Waals surface area contributed by atoms with Gasteiger partial charge in [0, 0.05) is 5.39 Å². The first kappa shape index (κ1) is 8.32. The molecule has 1 heterocycles. The minimum atomic E-state index is 0.746. The van der Waals surface area contributed by atoms with Crippen molar-refractivity contribution in [2.24, 2.45) is 5.73 Å². The zero-order chi connectivity index (χ0) is 9.10. The molecule has 13 heavy (non-hydrogen) atoms. The van der Waals surface area contributed by atoms with E-state index in [4.69, 9.17) is 10.2 Å². The molecule has 2 heteroatoms. The van der Waals surface area contributed by atoms with Crippen LogP contribution in [0.25, 0.3) is 11.0 Å². The Kier molecular flexibility index (Phi) is 2.32. The Bertz CT molecular complexity index is 392. The molecule has 0 aliphatic heterocycles. The van der Waals surface area contributed by atoms with E-state index in [0.29, 0.717) is 0 Å². The summed E-state index contributed by atoms with van der Waals surface area (Å²) in [4.78, 5) is 0. The molecular weight excluding hydrogens is 162 g/mol. The third-order valence-corrected chi connectivity index (χ3v) is 2.19. The molecule has 0 amide bonds. The van der Waals surface area contributed by atoms with E-state index in [1.54, 1.807) is 6.26 Å². The molecule has 0 spiro atoms. The third-order valence-electron chi connectivity index (χ3n) is 2.19. The Morgan fingerprint density at radius 1 is 1.23 bits per heavy atom. The SMILES string of the molecule is NCCCc1ccc2ccoc2c1. The van der Waals surface area contributed by atoms with E-state index < -0.39 is 0 Å². The number of furan rings is 1. The number of fused-ring (bicyclic) bond motifs is 1. The quantitative estimate of drug-likeness (QED) is 0.777. The number of hydrogen-bond acceptors (Lipinski definition) is 2. The first-order chi connectivity index (χ1) is 6.40. The largest absolute Gasteiger partial charge is 0.464 e. The topological polar surface area (TPSA) is 39.2 Å². The van der Waals surface area contributed by atoms with Crippen molar-refractivity contribution in [1.29, 1.82) is 0 Å². The van der Waals surface area contributed by atoms with Gasteiger partial charge < -0.3 is 10.2 Å². The van der Waals surface area contributed by atoms with Crippen LogP contribution in [0.5, 0.6) is 0 Å². The highest BCUT2D eigenvalue weighted by Gasteiger charge is 1.98. The Morgan fingerprint density at radius 2 is 2.15 bits per heavy atom. The van der Waals surface area contributed by atoms with Gasteiger partial charge in [-0.25, -0.2) is 0 Å². The van der Waals surface area contributed by atoms with Crippen molar-refractivity contribution in [2.75, 3.05) is 6.54 Å². The van der Waals surface area contributed by atoms with E-state index in [-0.39, 0.29) is 0 Å². The predicted octanol–water partition coefficient (Wildman–Crippen LogP) is 2.32. The van der Waals surface area contributed by atoms with Crippen LogP contribution in [0.4, 0.5) is 0 Å². The summed E-state index contributed by atoms with van der Waals surface area (Å²) in [5, 5.41) is 1.16. The normalized spacial score (nSPS) is 10.8. The summed E-state index contributed by atoms with van der Waals surface area (Å²) in [6, 6.07) is 8.28. The molecule has 0 radical (unpaired) electrons. The molecule has 0 saturated carbocycles. The van der Waals surface area contributed by atoms with E-state index in [2.05, 4.69) is 18.2 Å². The molecule has 0 saturated heterocycles. The molecule has 0 aliphatic rings. The van der Waals surface area contributed by atoms with Crippen LogP contribution < -0.4 is 5.73 Å². The smallest absolute Gasteiger partial charge is 0.134 e. The van der Waals surface area contributed by atoms with E-state index in [1.165, 1.54) is 5.56 Å². The van der Waals surface area contributed by atoms with E-state index in [9.17, 15) is 0 Å². The van der Waals surface area contributed by atoms with Gasteiger partial charge in [-0.05, 0) is 37.1 Å². The summed E-state index contributed by atoms with van der Waals surface area (Å²) < 4.78 is 5.31. The Labute approximate surface area is 77.3 Å². The lowest BCUT2D eigenvalue weighted by molar-refractivity contribution is 0.615. The van der Waals surface area contributed by atoms with Gasteiger partial charge in [0.15, 0.2) is 0 Å². The van der Waals surface area contributed by atoms with Crippen LogP contribution in [0.3, 0.4) is 0 Å². The average Bonchev–Trinajstić information content (AvgIpc) is 2.61. The second kappa shape index (κ2) is 3.62. The van der Waals surface area contributed by atoms with Gasteiger partial charge in [-0.2, -0.15) is 0 Å². The van der Waals surface area contributed by atoms with Gasteiger partial charge in [0.05, 0.1) is 6.26 Å². The van der Waals surface area contributed by atoms with Crippen molar-refractivity contribution in [3.63, 3.8) is 0 Å². The number of nitrogens with two attached hydrogens (primary N) is 1. The lowest BCUT2D eigenvalue weighted by Gasteiger charge is -1.98. The van der Waals surface area contributed by atoms with Gasteiger partial charge in [-0.3, -0.25) is 0 Å². The molecule has 0 fully saturated rings. The number of hydrogen-bond donors (Lipinski definition) is 1. The number of rotatable bonds is 3. The fourth-order valence-corrected chi connectivity index (χ4v) is 1.46. The lowest BCUT2D eigenvalue weighted by Crippen LogP contribution is -1.99. The van der Waals surface area contributed by atoms with Gasteiger partial charge >= 0.3 is 0 Å². The third kappa shape index (κ3) is 1.73. The maximum Gasteiger partial charge on any atom is 0.134 e. The summed E-state index contributed by atoms with van der Waals surface area (Å²) in [6.07, 6.45) is 3.79. The summed E-state index contributed by atoms with van der Waals surface area (Å²) in [7, 11) is 0. The van der Waals surface area contributed by atoms with Gasteiger partial charge in [0.2, 0.25) is 0 Å². The molecule has 2 rings (SSSR count). The van der Waals surface area contributed by atoms with Crippen molar-refractivity contribution in [2.45, 2.75) is 12.8 Å². The second-order valence-corrected chi connectivity index (χ2v) is 3.19. The summed E-state index contributed by atoms with van der Waals surface area (Å²) in [5.41, 5.74) is 7.71. The minimum absolute atomic E-state index is 0.746. The van der Waals surface area contributed by atoms with Crippen molar-refractivity contribution in [1.82, 2.24) is 0 Å². The fourth-order valence-electron chi connectivity index (χ4n) is 1.46. The average molecular weight is 175 g/mol.